The minimum atomic E-state index is -0.00479. The molecule has 0 saturated heterocycles. The monoisotopic (exact) mass is 399 g/mol. The first-order chi connectivity index (χ1) is 13.6. The van der Waals surface area contributed by atoms with Crippen LogP contribution in [-0.2, 0) is 25.9 Å². The predicted molar refractivity (Wildman–Crippen MR) is 112 cm³/mol. The molecule has 0 fully saturated rings. The van der Waals surface area contributed by atoms with E-state index in [0.29, 0.717) is 18.9 Å². The zero-order valence-electron chi connectivity index (χ0n) is 16.5. The largest absolute Gasteiger partial charge is 0.497 e. The van der Waals surface area contributed by atoms with Crippen LogP contribution in [0.5, 0.6) is 11.5 Å². The van der Waals surface area contributed by atoms with E-state index in [4.69, 9.17) is 14.5 Å². The van der Waals surface area contributed by atoms with Gasteiger partial charge in [-0.05, 0) is 44.4 Å². The lowest BCUT2D eigenvalue weighted by Gasteiger charge is -2.18. The van der Waals surface area contributed by atoms with E-state index in [1.54, 1.807) is 25.6 Å². The maximum absolute atomic E-state index is 12.7. The molecule has 0 spiro atoms. The van der Waals surface area contributed by atoms with Crippen molar-refractivity contribution in [1.29, 1.82) is 0 Å². The third kappa shape index (κ3) is 3.64. The summed E-state index contributed by atoms with van der Waals surface area (Å²) in [7, 11) is 5.30. The summed E-state index contributed by atoms with van der Waals surface area (Å²) in [5.74, 6) is 2.25. The van der Waals surface area contributed by atoms with Gasteiger partial charge in [0.15, 0.2) is 0 Å². The molecule has 0 amide bonds. The third-order valence-electron chi connectivity index (χ3n) is 5.23. The average Bonchev–Trinajstić information content (AvgIpc) is 3.06. The maximum Gasteiger partial charge on any atom is 0.259 e. The summed E-state index contributed by atoms with van der Waals surface area (Å²) in [4.78, 5) is 24.8. The van der Waals surface area contributed by atoms with E-state index < -0.39 is 0 Å². The molecule has 0 aliphatic heterocycles. The fraction of sp³-hybridized carbons (Fsp3) is 0.429. The molecule has 148 valence electrons. The van der Waals surface area contributed by atoms with Crippen LogP contribution in [0.4, 0.5) is 0 Å². The molecule has 1 aromatic carbocycles. The summed E-state index contributed by atoms with van der Waals surface area (Å²) in [6.45, 7) is 1.23. The van der Waals surface area contributed by atoms with Gasteiger partial charge in [-0.3, -0.25) is 9.69 Å². The van der Waals surface area contributed by atoms with Gasteiger partial charge in [0.05, 0.1) is 26.2 Å². The number of thiophene rings is 1. The number of aromatic amines is 1. The number of hydrogen-bond donors (Lipinski definition) is 1. The second-order valence-electron chi connectivity index (χ2n) is 7.25. The van der Waals surface area contributed by atoms with E-state index in [9.17, 15) is 4.79 Å². The number of benzene rings is 1. The van der Waals surface area contributed by atoms with Crippen molar-refractivity contribution in [2.75, 3.05) is 21.3 Å². The third-order valence-corrected chi connectivity index (χ3v) is 6.41. The molecule has 0 saturated carbocycles. The second-order valence-corrected chi connectivity index (χ2v) is 8.34. The highest BCUT2D eigenvalue weighted by molar-refractivity contribution is 7.18. The summed E-state index contributed by atoms with van der Waals surface area (Å²) in [6, 6.07) is 5.81. The van der Waals surface area contributed by atoms with Crippen molar-refractivity contribution in [2.45, 2.75) is 38.8 Å². The summed E-state index contributed by atoms with van der Waals surface area (Å²) in [5.41, 5.74) is 2.28. The Morgan fingerprint density at radius 1 is 1.18 bits per heavy atom. The molecule has 1 aliphatic carbocycles. The number of rotatable bonds is 6. The molecule has 7 heteroatoms. The fourth-order valence-electron chi connectivity index (χ4n) is 3.87. The van der Waals surface area contributed by atoms with Crippen molar-refractivity contribution in [3.8, 4) is 11.5 Å². The molecule has 0 bridgehead atoms. The number of H-pyrrole nitrogens is 1. The van der Waals surface area contributed by atoms with Gasteiger partial charge in [0.25, 0.3) is 5.56 Å². The van der Waals surface area contributed by atoms with Crippen molar-refractivity contribution in [3.05, 3.63) is 50.4 Å². The van der Waals surface area contributed by atoms with Gasteiger partial charge in [-0.25, -0.2) is 4.98 Å². The molecule has 3 aromatic rings. The number of hydrogen-bond acceptors (Lipinski definition) is 6. The van der Waals surface area contributed by atoms with Crippen LogP contribution in [0.25, 0.3) is 10.2 Å². The number of nitrogens with zero attached hydrogens (tertiary/aromatic N) is 2. The van der Waals surface area contributed by atoms with Crippen LogP contribution in [0.2, 0.25) is 0 Å². The topological polar surface area (TPSA) is 67.5 Å². The Hall–Kier alpha value is -2.38. The lowest BCUT2D eigenvalue weighted by molar-refractivity contribution is 0.302. The van der Waals surface area contributed by atoms with Gasteiger partial charge in [0.1, 0.15) is 22.2 Å². The molecule has 2 aromatic heterocycles. The zero-order valence-corrected chi connectivity index (χ0v) is 17.3. The van der Waals surface area contributed by atoms with Crippen molar-refractivity contribution in [3.63, 3.8) is 0 Å². The first-order valence-electron chi connectivity index (χ1n) is 9.52. The Morgan fingerprint density at radius 2 is 2.00 bits per heavy atom. The smallest absolute Gasteiger partial charge is 0.259 e. The zero-order chi connectivity index (χ0) is 19.7. The Kier molecular flexibility index (Phi) is 5.37. The van der Waals surface area contributed by atoms with Crippen LogP contribution in [0, 0.1) is 0 Å². The van der Waals surface area contributed by atoms with E-state index in [0.717, 1.165) is 46.5 Å². The molecule has 1 aliphatic rings. The number of nitrogens with one attached hydrogen (secondary N) is 1. The first-order valence-corrected chi connectivity index (χ1v) is 10.3. The Bertz CT molecular complexity index is 1060. The number of methoxy groups -OCH3 is 2. The van der Waals surface area contributed by atoms with Gasteiger partial charge in [0.2, 0.25) is 0 Å². The Labute approximate surface area is 168 Å². The van der Waals surface area contributed by atoms with E-state index >= 15 is 0 Å². The molecule has 2 heterocycles. The standard InChI is InChI=1S/C21H25N3O3S/c1-24(11-13-8-9-14(26-2)10-16(13)27-3)12-18-22-20(25)19-15-6-4-5-7-17(15)28-21(19)23-18/h8-10H,4-7,11-12H2,1-3H3,(H,22,23,25). The second kappa shape index (κ2) is 7.93. The quantitative estimate of drug-likeness (QED) is 0.687. The molecule has 0 radical (unpaired) electrons. The number of aryl methyl sites for hydroxylation is 2. The van der Waals surface area contributed by atoms with Gasteiger partial charge in [-0.2, -0.15) is 0 Å². The van der Waals surface area contributed by atoms with Crippen LogP contribution in [0.3, 0.4) is 0 Å². The minimum Gasteiger partial charge on any atom is -0.497 e. The van der Waals surface area contributed by atoms with E-state index in [-0.39, 0.29) is 5.56 Å². The van der Waals surface area contributed by atoms with Gasteiger partial charge in [-0.15, -0.1) is 11.3 Å². The highest BCUT2D eigenvalue weighted by Gasteiger charge is 2.20. The van der Waals surface area contributed by atoms with E-state index in [1.165, 1.54) is 16.9 Å². The fourth-order valence-corrected chi connectivity index (χ4v) is 5.15. The predicted octanol–water partition coefficient (Wildman–Crippen LogP) is 3.51. The summed E-state index contributed by atoms with van der Waals surface area (Å²) >= 11 is 1.69. The highest BCUT2D eigenvalue weighted by Crippen LogP contribution is 2.33. The van der Waals surface area contributed by atoms with Gasteiger partial charge in [-0.1, -0.05) is 6.07 Å². The number of ether oxygens (including phenoxy) is 2. The number of fused-ring (bicyclic) bond motifs is 3. The van der Waals surface area contributed by atoms with Gasteiger partial charge >= 0.3 is 0 Å². The molecular weight excluding hydrogens is 374 g/mol. The Balaban J connectivity index is 1.56. The van der Waals surface area contributed by atoms with Crippen LogP contribution < -0.4 is 15.0 Å². The molecule has 0 unspecified atom stereocenters. The van der Waals surface area contributed by atoms with Crippen LogP contribution >= 0.6 is 11.3 Å². The van der Waals surface area contributed by atoms with Crippen LogP contribution in [0.15, 0.2) is 23.0 Å². The van der Waals surface area contributed by atoms with E-state index in [1.807, 2.05) is 25.2 Å². The highest BCUT2D eigenvalue weighted by atomic mass is 32.1. The molecule has 28 heavy (non-hydrogen) atoms. The van der Waals surface area contributed by atoms with Crippen molar-refractivity contribution >= 4 is 21.6 Å². The van der Waals surface area contributed by atoms with Crippen molar-refractivity contribution in [1.82, 2.24) is 14.9 Å². The van der Waals surface area contributed by atoms with Crippen LogP contribution in [0.1, 0.15) is 34.7 Å². The summed E-state index contributed by atoms with van der Waals surface area (Å²) in [5, 5.41) is 0.808. The maximum atomic E-state index is 12.7. The molecular formula is C21H25N3O3S. The normalized spacial score (nSPS) is 13.7. The summed E-state index contributed by atoms with van der Waals surface area (Å²) in [6.07, 6.45) is 4.43. The molecule has 6 nitrogen and oxygen atoms in total. The first kappa shape index (κ1) is 19.0. The van der Waals surface area contributed by atoms with Crippen LogP contribution in [-0.4, -0.2) is 36.1 Å². The number of aromatic nitrogens is 2. The average molecular weight is 400 g/mol. The van der Waals surface area contributed by atoms with E-state index in [2.05, 4.69) is 9.88 Å². The molecule has 4 rings (SSSR count). The van der Waals surface area contributed by atoms with Gasteiger partial charge < -0.3 is 14.5 Å². The minimum absolute atomic E-state index is 0.00479. The Morgan fingerprint density at radius 3 is 2.79 bits per heavy atom. The van der Waals surface area contributed by atoms with Gasteiger partial charge in [0, 0.05) is 23.1 Å². The molecule has 0 atom stereocenters. The lowest BCUT2D eigenvalue weighted by atomic mass is 9.97. The SMILES string of the molecule is COc1ccc(CN(C)Cc2nc3sc4c(c3c(=O)[nH]2)CCCC4)c(OC)c1. The lowest BCUT2D eigenvalue weighted by Crippen LogP contribution is -2.22. The van der Waals surface area contributed by atoms with Crippen molar-refractivity contribution in [2.24, 2.45) is 0 Å². The molecule has 1 N–H and O–H groups in total. The summed E-state index contributed by atoms with van der Waals surface area (Å²) < 4.78 is 10.7. The van der Waals surface area contributed by atoms with Crippen molar-refractivity contribution < 1.29 is 9.47 Å².